The molecule has 0 aliphatic carbocycles. The van der Waals surface area contributed by atoms with Crippen LogP contribution < -0.4 is 10.1 Å². The third-order valence-corrected chi connectivity index (χ3v) is 2.40. The van der Waals surface area contributed by atoms with Crippen LogP contribution in [0.15, 0.2) is 29.4 Å². The van der Waals surface area contributed by atoms with Gasteiger partial charge in [0.2, 0.25) is 0 Å². The van der Waals surface area contributed by atoms with E-state index in [1.54, 1.807) is 6.21 Å². The standard InChI is InChI=1S/C13H17N3O2/c1-10(2)18-12-6-4-11(5-7-12)15-13(17)16-9-3-8-14-16/h4-8,10H,3,9H2,1-2H3,(H,15,17). The molecule has 1 aliphatic heterocycles. The van der Waals surface area contributed by atoms with E-state index in [2.05, 4.69) is 10.4 Å². The number of nitrogens with zero attached hydrogens (tertiary/aromatic N) is 2. The average Bonchev–Trinajstić information content (AvgIpc) is 2.84. The second kappa shape index (κ2) is 5.53. The summed E-state index contributed by atoms with van der Waals surface area (Å²) in [7, 11) is 0. The molecule has 0 atom stereocenters. The minimum atomic E-state index is -0.207. The van der Waals surface area contributed by atoms with E-state index >= 15 is 0 Å². The molecular weight excluding hydrogens is 230 g/mol. The third-order valence-electron chi connectivity index (χ3n) is 2.40. The zero-order chi connectivity index (χ0) is 13.0. The lowest BCUT2D eigenvalue weighted by molar-refractivity contribution is 0.219. The lowest BCUT2D eigenvalue weighted by Crippen LogP contribution is -2.28. The Morgan fingerprint density at radius 1 is 1.39 bits per heavy atom. The second-order valence-electron chi connectivity index (χ2n) is 4.33. The minimum Gasteiger partial charge on any atom is -0.491 e. The number of carbonyl (C=O) groups excluding carboxylic acids is 1. The van der Waals surface area contributed by atoms with Crippen molar-refractivity contribution in [2.45, 2.75) is 26.4 Å². The first-order valence-corrected chi connectivity index (χ1v) is 6.03. The van der Waals surface area contributed by atoms with Crippen LogP contribution in [0.4, 0.5) is 10.5 Å². The van der Waals surface area contributed by atoms with Crippen LogP contribution >= 0.6 is 0 Å². The molecule has 18 heavy (non-hydrogen) atoms. The van der Waals surface area contributed by atoms with Crippen LogP contribution in [-0.4, -0.2) is 29.9 Å². The van der Waals surface area contributed by atoms with Gasteiger partial charge in [-0.15, -0.1) is 0 Å². The van der Waals surface area contributed by atoms with Gasteiger partial charge in [0, 0.05) is 18.3 Å². The Kier molecular flexibility index (Phi) is 3.82. The molecule has 0 spiro atoms. The molecule has 5 heteroatoms. The van der Waals surface area contributed by atoms with E-state index < -0.39 is 0 Å². The highest BCUT2D eigenvalue weighted by atomic mass is 16.5. The summed E-state index contributed by atoms with van der Waals surface area (Å²) in [6.45, 7) is 4.59. The highest BCUT2D eigenvalue weighted by Gasteiger charge is 2.14. The van der Waals surface area contributed by atoms with Crippen LogP contribution in [0, 0.1) is 0 Å². The van der Waals surface area contributed by atoms with Gasteiger partial charge in [-0.2, -0.15) is 5.10 Å². The smallest absolute Gasteiger partial charge is 0.342 e. The fourth-order valence-corrected chi connectivity index (χ4v) is 1.63. The van der Waals surface area contributed by atoms with Crippen LogP contribution in [0.5, 0.6) is 5.75 Å². The van der Waals surface area contributed by atoms with E-state index in [0.717, 1.165) is 17.9 Å². The maximum absolute atomic E-state index is 11.7. The van der Waals surface area contributed by atoms with E-state index in [-0.39, 0.29) is 12.1 Å². The first kappa shape index (κ1) is 12.4. The molecule has 2 rings (SSSR count). The summed E-state index contributed by atoms with van der Waals surface area (Å²) in [6, 6.07) is 7.09. The van der Waals surface area contributed by atoms with Crippen molar-refractivity contribution in [1.82, 2.24) is 5.01 Å². The molecule has 0 radical (unpaired) electrons. The van der Waals surface area contributed by atoms with Gasteiger partial charge in [0.25, 0.3) is 0 Å². The molecule has 1 aromatic carbocycles. The zero-order valence-corrected chi connectivity index (χ0v) is 10.6. The van der Waals surface area contributed by atoms with Crippen LogP contribution in [0.3, 0.4) is 0 Å². The number of benzene rings is 1. The van der Waals surface area contributed by atoms with Crippen LogP contribution in [-0.2, 0) is 0 Å². The molecule has 96 valence electrons. The van der Waals surface area contributed by atoms with E-state index in [4.69, 9.17) is 4.74 Å². The minimum absolute atomic E-state index is 0.143. The summed E-state index contributed by atoms with van der Waals surface area (Å²) in [4.78, 5) is 11.7. The lowest BCUT2D eigenvalue weighted by atomic mass is 10.3. The Balaban J connectivity index is 1.93. The number of carbonyl (C=O) groups is 1. The highest BCUT2D eigenvalue weighted by molar-refractivity contribution is 5.90. The molecular formula is C13H17N3O2. The van der Waals surface area contributed by atoms with Gasteiger partial charge >= 0.3 is 6.03 Å². The molecule has 0 saturated carbocycles. The SMILES string of the molecule is CC(C)Oc1ccc(NC(=O)N2CCC=N2)cc1. The number of hydrogen-bond acceptors (Lipinski definition) is 3. The van der Waals surface area contributed by atoms with Crippen LogP contribution in [0.25, 0.3) is 0 Å². The molecule has 0 bridgehead atoms. The molecule has 1 heterocycles. The maximum atomic E-state index is 11.7. The highest BCUT2D eigenvalue weighted by Crippen LogP contribution is 2.17. The molecule has 2 amide bonds. The summed E-state index contributed by atoms with van der Waals surface area (Å²) in [5.74, 6) is 0.794. The maximum Gasteiger partial charge on any atom is 0.342 e. The van der Waals surface area contributed by atoms with E-state index in [9.17, 15) is 4.79 Å². The Morgan fingerprint density at radius 3 is 2.67 bits per heavy atom. The molecule has 1 aliphatic rings. The Morgan fingerprint density at radius 2 is 2.11 bits per heavy atom. The van der Waals surface area contributed by atoms with Gasteiger partial charge in [-0.05, 0) is 38.1 Å². The summed E-state index contributed by atoms with van der Waals surface area (Å²) >= 11 is 0. The fraction of sp³-hybridized carbons (Fsp3) is 0.385. The third kappa shape index (κ3) is 3.23. The Labute approximate surface area is 106 Å². The van der Waals surface area contributed by atoms with Gasteiger partial charge in [0.15, 0.2) is 0 Å². The van der Waals surface area contributed by atoms with Gasteiger partial charge in [0.1, 0.15) is 5.75 Å². The molecule has 5 nitrogen and oxygen atoms in total. The molecule has 0 saturated heterocycles. The fourth-order valence-electron chi connectivity index (χ4n) is 1.63. The molecule has 0 aromatic heterocycles. The first-order valence-electron chi connectivity index (χ1n) is 6.03. The number of anilines is 1. The van der Waals surface area contributed by atoms with Gasteiger partial charge in [-0.1, -0.05) is 0 Å². The number of ether oxygens (including phenoxy) is 1. The largest absolute Gasteiger partial charge is 0.491 e. The van der Waals surface area contributed by atoms with Crippen LogP contribution in [0.2, 0.25) is 0 Å². The summed E-state index contributed by atoms with van der Waals surface area (Å²) in [5, 5.41) is 8.16. The Bertz CT molecular complexity index is 440. The summed E-state index contributed by atoms with van der Waals surface area (Å²) < 4.78 is 5.53. The molecule has 0 fully saturated rings. The van der Waals surface area contributed by atoms with Gasteiger partial charge < -0.3 is 10.1 Å². The number of rotatable bonds is 3. The van der Waals surface area contributed by atoms with Crippen LogP contribution in [0.1, 0.15) is 20.3 Å². The number of hydrogen-bond donors (Lipinski definition) is 1. The topological polar surface area (TPSA) is 53.9 Å². The zero-order valence-electron chi connectivity index (χ0n) is 10.6. The quantitative estimate of drug-likeness (QED) is 0.892. The van der Waals surface area contributed by atoms with Gasteiger partial charge in [-0.25, -0.2) is 9.80 Å². The van der Waals surface area contributed by atoms with Crippen molar-refractivity contribution in [1.29, 1.82) is 0 Å². The second-order valence-corrected chi connectivity index (χ2v) is 4.33. The van der Waals surface area contributed by atoms with E-state index in [1.165, 1.54) is 5.01 Å². The van der Waals surface area contributed by atoms with E-state index in [1.807, 2.05) is 38.1 Å². The van der Waals surface area contributed by atoms with Crippen molar-refractivity contribution in [3.63, 3.8) is 0 Å². The predicted octanol–water partition coefficient (Wildman–Crippen LogP) is 2.70. The lowest BCUT2D eigenvalue weighted by Gasteiger charge is -2.14. The van der Waals surface area contributed by atoms with Gasteiger partial charge in [0.05, 0.1) is 12.6 Å². The predicted molar refractivity (Wildman–Crippen MR) is 71.0 cm³/mol. The molecule has 1 N–H and O–H groups in total. The summed E-state index contributed by atoms with van der Waals surface area (Å²) in [5.41, 5.74) is 0.734. The van der Waals surface area contributed by atoms with Crippen molar-refractivity contribution < 1.29 is 9.53 Å². The normalized spacial score (nSPS) is 14.1. The first-order chi connectivity index (χ1) is 8.65. The van der Waals surface area contributed by atoms with E-state index in [0.29, 0.717) is 6.54 Å². The van der Waals surface area contributed by atoms with Gasteiger partial charge in [-0.3, -0.25) is 0 Å². The average molecular weight is 247 g/mol. The van der Waals surface area contributed by atoms with Crippen molar-refractivity contribution in [3.05, 3.63) is 24.3 Å². The monoisotopic (exact) mass is 247 g/mol. The number of amides is 2. The molecule has 1 aromatic rings. The van der Waals surface area contributed by atoms with Crippen molar-refractivity contribution in [2.24, 2.45) is 5.10 Å². The number of nitrogens with one attached hydrogen (secondary N) is 1. The van der Waals surface area contributed by atoms with Crippen molar-refractivity contribution in [2.75, 3.05) is 11.9 Å². The number of hydrazone groups is 1. The molecule has 0 unspecified atom stereocenters. The Hall–Kier alpha value is -2.04. The summed E-state index contributed by atoms with van der Waals surface area (Å²) in [6.07, 6.45) is 2.69. The number of urea groups is 1. The van der Waals surface area contributed by atoms with Crippen molar-refractivity contribution in [3.8, 4) is 5.75 Å². The van der Waals surface area contributed by atoms with Crippen molar-refractivity contribution >= 4 is 17.9 Å².